The molecule has 1 aliphatic rings. The van der Waals surface area contributed by atoms with Gasteiger partial charge in [0.15, 0.2) is 0 Å². The van der Waals surface area contributed by atoms with E-state index in [-0.39, 0.29) is 11.6 Å². The van der Waals surface area contributed by atoms with Gasteiger partial charge in [0, 0.05) is 10.7 Å². The van der Waals surface area contributed by atoms with Crippen molar-refractivity contribution in [2.24, 2.45) is 0 Å². The van der Waals surface area contributed by atoms with Crippen LogP contribution in [0.4, 0.5) is 11.4 Å². The third-order valence-corrected chi connectivity index (χ3v) is 5.29. The summed E-state index contributed by atoms with van der Waals surface area (Å²) >= 11 is 6.24. The molecule has 0 atom stereocenters. The number of carbonyl (C=O) groups is 2. The van der Waals surface area contributed by atoms with Crippen LogP contribution in [-0.2, 0) is 9.59 Å². The van der Waals surface area contributed by atoms with Crippen molar-refractivity contribution in [2.45, 2.75) is 13.8 Å². The Kier molecular flexibility index (Phi) is 4.95. The molecule has 4 nitrogen and oxygen atoms in total. The van der Waals surface area contributed by atoms with Crippen LogP contribution in [-0.4, -0.2) is 11.8 Å². The first kappa shape index (κ1) is 19.0. The Hall–Kier alpha value is -3.37. The largest absolute Gasteiger partial charge is 0.350 e. The van der Waals surface area contributed by atoms with Crippen molar-refractivity contribution in [3.8, 4) is 0 Å². The van der Waals surface area contributed by atoms with E-state index in [0.717, 1.165) is 11.1 Å². The fourth-order valence-electron chi connectivity index (χ4n) is 3.26. The van der Waals surface area contributed by atoms with Crippen molar-refractivity contribution in [1.29, 1.82) is 0 Å². The van der Waals surface area contributed by atoms with Crippen LogP contribution in [0.25, 0.3) is 5.57 Å². The third kappa shape index (κ3) is 3.55. The first-order valence-electron chi connectivity index (χ1n) is 9.24. The molecular formula is C24H19ClN2O2. The molecule has 0 radical (unpaired) electrons. The minimum Gasteiger partial charge on any atom is -0.350 e. The molecule has 2 amide bonds. The predicted octanol–water partition coefficient (Wildman–Crippen LogP) is 5.35. The van der Waals surface area contributed by atoms with Gasteiger partial charge in [0.05, 0.1) is 11.3 Å². The van der Waals surface area contributed by atoms with Crippen LogP contribution >= 0.6 is 11.6 Å². The summed E-state index contributed by atoms with van der Waals surface area (Å²) in [6.07, 6.45) is 0. The van der Waals surface area contributed by atoms with Crippen molar-refractivity contribution < 1.29 is 9.59 Å². The number of rotatable bonds is 4. The summed E-state index contributed by atoms with van der Waals surface area (Å²) in [5.41, 5.74) is 4.44. The molecule has 144 valence electrons. The Balaban J connectivity index is 1.81. The van der Waals surface area contributed by atoms with Crippen molar-refractivity contribution in [1.82, 2.24) is 0 Å². The number of amides is 2. The van der Waals surface area contributed by atoms with Gasteiger partial charge in [0.2, 0.25) is 0 Å². The zero-order valence-electron chi connectivity index (χ0n) is 16.1. The zero-order valence-corrected chi connectivity index (χ0v) is 16.8. The van der Waals surface area contributed by atoms with E-state index in [1.165, 1.54) is 4.90 Å². The molecule has 0 spiro atoms. The van der Waals surface area contributed by atoms with E-state index in [9.17, 15) is 9.59 Å². The molecule has 3 aromatic rings. The quantitative estimate of drug-likeness (QED) is 0.598. The van der Waals surface area contributed by atoms with Crippen molar-refractivity contribution in [3.05, 3.63) is 100 Å². The molecule has 0 saturated heterocycles. The number of anilines is 2. The molecule has 0 aromatic heterocycles. The van der Waals surface area contributed by atoms with Crippen LogP contribution in [0.3, 0.4) is 0 Å². The van der Waals surface area contributed by atoms with Gasteiger partial charge in [-0.2, -0.15) is 0 Å². The molecule has 0 fully saturated rings. The smallest absolute Gasteiger partial charge is 0.282 e. The van der Waals surface area contributed by atoms with Gasteiger partial charge in [-0.15, -0.1) is 0 Å². The molecule has 0 bridgehead atoms. The SMILES string of the molecule is Cc1ccc(N2C(=O)C(Nc3ccc(C)c(Cl)c3)=C(c3ccccc3)C2=O)cc1. The number of carbonyl (C=O) groups excluding carboxylic acids is 2. The topological polar surface area (TPSA) is 49.4 Å². The van der Waals surface area contributed by atoms with Gasteiger partial charge >= 0.3 is 0 Å². The number of nitrogens with zero attached hydrogens (tertiary/aromatic N) is 1. The summed E-state index contributed by atoms with van der Waals surface area (Å²) in [5, 5.41) is 3.72. The van der Waals surface area contributed by atoms with Gasteiger partial charge < -0.3 is 5.32 Å². The van der Waals surface area contributed by atoms with Crippen LogP contribution in [0.5, 0.6) is 0 Å². The van der Waals surface area contributed by atoms with Gasteiger partial charge in [-0.1, -0.05) is 65.7 Å². The lowest BCUT2D eigenvalue weighted by molar-refractivity contribution is -0.120. The average Bonchev–Trinajstić information content (AvgIpc) is 2.96. The third-order valence-electron chi connectivity index (χ3n) is 4.88. The molecule has 0 aliphatic carbocycles. The number of benzene rings is 3. The number of nitrogens with one attached hydrogen (secondary N) is 1. The zero-order chi connectivity index (χ0) is 20.5. The predicted molar refractivity (Wildman–Crippen MR) is 117 cm³/mol. The standard InChI is InChI=1S/C24H19ClN2O2/c1-15-8-12-19(13-9-15)27-23(28)21(17-6-4-3-5-7-17)22(24(27)29)26-18-11-10-16(2)20(25)14-18/h3-14,26H,1-2H3. The lowest BCUT2D eigenvalue weighted by Crippen LogP contribution is -2.32. The summed E-state index contributed by atoms with van der Waals surface area (Å²) in [5.74, 6) is -0.750. The maximum Gasteiger partial charge on any atom is 0.282 e. The second-order valence-electron chi connectivity index (χ2n) is 6.99. The van der Waals surface area contributed by atoms with E-state index in [2.05, 4.69) is 5.32 Å². The first-order chi connectivity index (χ1) is 14.0. The summed E-state index contributed by atoms with van der Waals surface area (Å²) in [6, 6.07) is 22.0. The highest BCUT2D eigenvalue weighted by atomic mass is 35.5. The number of imide groups is 1. The molecule has 0 unspecified atom stereocenters. The van der Waals surface area contributed by atoms with Crippen LogP contribution in [0, 0.1) is 13.8 Å². The Morgan fingerprint density at radius 3 is 2.17 bits per heavy atom. The van der Waals surface area contributed by atoms with Crippen molar-refractivity contribution in [3.63, 3.8) is 0 Å². The van der Waals surface area contributed by atoms with Crippen molar-refractivity contribution in [2.75, 3.05) is 10.2 Å². The number of aryl methyl sites for hydroxylation is 2. The maximum atomic E-state index is 13.3. The van der Waals surface area contributed by atoms with Gasteiger partial charge in [0.25, 0.3) is 11.8 Å². The molecule has 1 heterocycles. The van der Waals surface area contributed by atoms with Crippen molar-refractivity contribution >= 4 is 40.4 Å². The molecular weight excluding hydrogens is 384 g/mol. The Morgan fingerprint density at radius 1 is 0.828 bits per heavy atom. The minimum absolute atomic E-state index is 0.238. The highest BCUT2D eigenvalue weighted by molar-refractivity contribution is 6.46. The monoisotopic (exact) mass is 402 g/mol. The van der Waals surface area contributed by atoms with E-state index in [4.69, 9.17) is 11.6 Å². The molecule has 29 heavy (non-hydrogen) atoms. The van der Waals surface area contributed by atoms with E-state index in [1.54, 1.807) is 18.2 Å². The number of hydrogen-bond donors (Lipinski definition) is 1. The molecule has 1 aliphatic heterocycles. The highest BCUT2D eigenvalue weighted by Gasteiger charge is 2.40. The number of halogens is 1. The van der Waals surface area contributed by atoms with E-state index in [1.807, 2.05) is 68.4 Å². The summed E-state index contributed by atoms with van der Waals surface area (Å²) in [7, 11) is 0. The lowest BCUT2D eigenvalue weighted by atomic mass is 10.0. The highest BCUT2D eigenvalue weighted by Crippen LogP contribution is 2.34. The molecule has 1 N–H and O–H groups in total. The van der Waals surface area contributed by atoms with Gasteiger partial charge in [0.1, 0.15) is 5.70 Å². The first-order valence-corrected chi connectivity index (χ1v) is 9.62. The Labute approximate surface area is 174 Å². The van der Waals surface area contributed by atoms with Gasteiger partial charge in [-0.3, -0.25) is 9.59 Å². The molecule has 0 saturated carbocycles. The molecule has 4 rings (SSSR count). The van der Waals surface area contributed by atoms with E-state index in [0.29, 0.717) is 27.5 Å². The Bertz CT molecular complexity index is 1140. The molecule has 3 aromatic carbocycles. The lowest BCUT2D eigenvalue weighted by Gasteiger charge is -2.15. The van der Waals surface area contributed by atoms with Gasteiger partial charge in [-0.05, 0) is 49.2 Å². The maximum absolute atomic E-state index is 13.3. The van der Waals surface area contributed by atoms with E-state index >= 15 is 0 Å². The van der Waals surface area contributed by atoms with Crippen LogP contribution in [0.1, 0.15) is 16.7 Å². The normalized spacial score (nSPS) is 14.0. The number of hydrogen-bond acceptors (Lipinski definition) is 3. The van der Waals surface area contributed by atoms with Crippen LogP contribution in [0.15, 0.2) is 78.5 Å². The summed E-state index contributed by atoms with van der Waals surface area (Å²) in [6.45, 7) is 3.86. The average molecular weight is 403 g/mol. The second-order valence-corrected chi connectivity index (χ2v) is 7.39. The van der Waals surface area contributed by atoms with Crippen LogP contribution < -0.4 is 10.2 Å². The Morgan fingerprint density at radius 2 is 1.52 bits per heavy atom. The van der Waals surface area contributed by atoms with Gasteiger partial charge in [-0.25, -0.2) is 4.90 Å². The molecule has 5 heteroatoms. The van der Waals surface area contributed by atoms with E-state index < -0.39 is 5.91 Å². The second kappa shape index (κ2) is 7.57. The van der Waals surface area contributed by atoms with Crippen LogP contribution in [0.2, 0.25) is 5.02 Å². The minimum atomic E-state index is -0.394. The summed E-state index contributed by atoms with van der Waals surface area (Å²) in [4.78, 5) is 27.8. The fraction of sp³-hybridized carbons (Fsp3) is 0.0833. The summed E-state index contributed by atoms with van der Waals surface area (Å²) < 4.78 is 0. The fourth-order valence-corrected chi connectivity index (χ4v) is 3.44.